The van der Waals surface area contributed by atoms with Gasteiger partial charge in [0.05, 0.1) is 11.6 Å². The van der Waals surface area contributed by atoms with Gasteiger partial charge in [-0.1, -0.05) is 46.9 Å². The van der Waals surface area contributed by atoms with Crippen LogP contribution in [0.2, 0.25) is 15.1 Å². The van der Waals surface area contributed by atoms with Crippen LogP contribution < -0.4 is 10.1 Å². The van der Waals surface area contributed by atoms with Gasteiger partial charge in [0, 0.05) is 38.3 Å². The SMILES string of the molecule is O=C(NCc1cc2cc(Cl)ccc2[nH]1)c1ccc(COc2cc(Cl)ccc2Cl)cc1. The first kappa shape index (κ1) is 20.6. The van der Waals surface area contributed by atoms with Gasteiger partial charge in [0.25, 0.3) is 5.91 Å². The fourth-order valence-corrected chi connectivity index (χ4v) is 3.55. The molecule has 3 aromatic carbocycles. The molecule has 0 atom stereocenters. The molecule has 4 aromatic rings. The Balaban J connectivity index is 1.34. The molecule has 152 valence electrons. The highest BCUT2D eigenvalue weighted by molar-refractivity contribution is 6.34. The van der Waals surface area contributed by atoms with Crippen molar-refractivity contribution in [1.29, 1.82) is 0 Å². The molecule has 0 aliphatic carbocycles. The molecule has 7 heteroatoms. The molecule has 1 amide bonds. The van der Waals surface area contributed by atoms with E-state index in [1.807, 2.05) is 36.4 Å². The number of nitrogens with one attached hydrogen (secondary N) is 2. The van der Waals surface area contributed by atoms with Crippen LogP contribution in [0.3, 0.4) is 0 Å². The van der Waals surface area contributed by atoms with E-state index in [0.29, 0.717) is 39.5 Å². The number of hydrogen-bond acceptors (Lipinski definition) is 2. The number of rotatable bonds is 6. The standard InChI is InChI=1S/C23H17Cl3N2O2/c24-17-6-8-21-16(9-17)10-19(28-21)12-27-23(29)15-3-1-14(2-4-15)13-30-22-11-18(25)5-7-20(22)26/h1-11,28H,12-13H2,(H,27,29). The third kappa shape index (κ3) is 4.90. The summed E-state index contributed by atoms with van der Waals surface area (Å²) in [5.74, 6) is 0.364. The van der Waals surface area contributed by atoms with Crippen LogP contribution in [0, 0.1) is 0 Å². The number of amides is 1. The third-order valence-electron chi connectivity index (χ3n) is 4.58. The molecule has 1 aromatic heterocycles. The summed E-state index contributed by atoms with van der Waals surface area (Å²) in [7, 11) is 0. The largest absolute Gasteiger partial charge is 0.487 e. The van der Waals surface area contributed by atoms with Crippen molar-refractivity contribution >= 4 is 51.6 Å². The maximum absolute atomic E-state index is 12.5. The van der Waals surface area contributed by atoms with Crippen LogP contribution in [0.1, 0.15) is 21.6 Å². The molecule has 0 saturated heterocycles. The van der Waals surface area contributed by atoms with E-state index in [4.69, 9.17) is 39.5 Å². The van der Waals surface area contributed by atoms with Crippen molar-refractivity contribution in [2.24, 2.45) is 0 Å². The summed E-state index contributed by atoms with van der Waals surface area (Å²) in [4.78, 5) is 15.7. The quantitative estimate of drug-likeness (QED) is 0.340. The molecule has 0 aliphatic rings. The monoisotopic (exact) mass is 458 g/mol. The number of H-pyrrole nitrogens is 1. The number of benzene rings is 3. The van der Waals surface area contributed by atoms with E-state index in [0.717, 1.165) is 22.2 Å². The lowest BCUT2D eigenvalue weighted by Crippen LogP contribution is -2.22. The Hall–Kier alpha value is -2.66. The van der Waals surface area contributed by atoms with Crippen LogP contribution >= 0.6 is 34.8 Å². The van der Waals surface area contributed by atoms with Crippen LogP contribution in [-0.2, 0) is 13.2 Å². The van der Waals surface area contributed by atoms with Crippen LogP contribution in [0.4, 0.5) is 0 Å². The van der Waals surface area contributed by atoms with Gasteiger partial charge in [-0.05, 0) is 54.1 Å². The average Bonchev–Trinajstić information content (AvgIpc) is 3.15. The van der Waals surface area contributed by atoms with Crippen LogP contribution in [-0.4, -0.2) is 10.9 Å². The number of ether oxygens (including phenoxy) is 1. The van der Waals surface area contributed by atoms with E-state index >= 15 is 0 Å². The maximum atomic E-state index is 12.5. The first-order chi connectivity index (χ1) is 14.5. The van der Waals surface area contributed by atoms with Gasteiger partial charge in [0.2, 0.25) is 0 Å². The third-order valence-corrected chi connectivity index (χ3v) is 5.36. The Morgan fingerprint density at radius 2 is 1.63 bits per heavy atom. The molecule has 30 heavy (non-hydrogen) atoms. The normalized spacial score (nSPS) is 10.9. The topological polar surface area (TPSA) is 54.1 Å². The molecule has 0 aliphatic heterocycles. The predicted octanol–water partition coefficient (Wildman–Crippen LogP) is 6.64. The van der Waals surface area contributed by atoms with Crippen LogP contribution in [0.15, 0.2) is 66.7 Å². The van der Waals surface area contributed by atoms with Crippen LogP contribution in [0.25, 0.3) is 10.9 Å². The summed E-state index contributed by atoms with van der Waals surface area (Å²) < 4.78 is 5.72. The molecule has 4 rings (SSSR count). The molecular weight excluding hydrogens is 443 g/mol. The lowest BCUT2D eigenvalue weighted by molar-refractivity contribution is 0.0950. The summed E-state index contributed by atoms with van der Waals surface area (Å²) in [5.41, 5.74) is 3.37. The highest BCUT2D eigenvalue weighted by atomic mass is 35.5. The summed E-state index contributed by atoms with van der Waals surface area (Å²) >= 11 is 18.1. The number of hydrogen-bond donors (Lipinski definition) is 2. The van der Waals surface area contributed by atoms with Gasteiger partial charge in [0.1, 0.15) is 12.4 Å². The van der Waals surface area contributed by atoms with E-state index < -0.39 is 0 Å². The predicted molar refractivity (Wildman–Crippen MR) is 122 cm³/mol. The van der Waals surface area contributed by atoms with Crippen molar-refractivity contribution in [2.45, 2.75) is 13.2 Å². The van der Waals surface area contributed by atoms with E-state index in [-0.39, 0.29) is 5.91 Å². The van der Waals surface area contributed by atoms with Crippen molar-refractivity contribution in [3.05, 3.63) is 98.6 Å². The van der Waals surface area contributed by atoms with Crippen molar-refractivity contribution < 1.29 is 9.53 Å². The van der Waals surface area contributed by atoms with E-state index in [9.17, 15) is 4.79 Å². The zero-order valence-electron chi connectivity index (χ0n) is 15.7. The zero-order chi connectivity index (χ0) is 21.1. The van der Waals surface area contributed by atoms with Gasteiger partial charge >= 0.3 is 0 Å². The molecule has 0 saturated carbocycles. The molecule has 0 spiro atoms. The van der Waals surface area contributed by atoms with Crippen LogP contribution in [0.5, 0.6) is 5.75 Å². The number of halogens is 3. The number of fused-ring (bicyclic) bond motifs is 1. The fourth-order valence-electron chi connectivity index (χ4n) is 3.04. The fraction of sp³-hybridized carbons (Fsp3) is 0.0870. The van der Waals surface area contributed by atoms with Crippen molar-refractivity contribution in [3.8, 4) is 5.75 Å². The summed E-state index contributed by atoms with van der Waals surface area (Å²) in [6.07, 6.45) is 0. The summed E-state index contributed by atoms with van der Waals surface area (Å²) in [6, 6.07) is 19.9. The first-order valence-electron chi connectivity index (χ1n) is 9.20. The number of carbonyl (C=O) groups excluding carboxylic acids is 1. The second-order valence-electron chi connectivity index (χ2n) is 6.77. The summed E-state index contributed by atoms with van der Waals surface area (Å²) in [6.45, 7) is 0.711. The van der Waals surface area contributed by atoms with Gasteiger partial charge in [-0.3, -0.25) is 4.79 Å². The zero-order valence-corrected chi connectivity index (χ0v) is 18.0. The molecule has 0 bridgehead atoms. The minimum absolute atomic E-state index is 0.156. The second kappa shape index (κ2) is 9.00. The average molecular weight is 460 g/mol. The smallest absolute Gasteiger partial charge is 0.251 e. The van der Waals surface area contributed by atoms with Crippen molar-refractivity contribution in [3.63, 3.8) is 0 Å². The molecule has 4 nitrogen and oxygen atoms in total. The summed E-state index contributed by atoms with van der Waals surface area (Å²) in [5, 5.41) is 5.65. The lowest BCUT2D eigenvalue weighted by Gasteiger charge is -2.09. The van der Waals surface area contributed by atoms with Gasteiger partial charge in [-0.2, -0.15) is 0 Å². The van der Waals surface area contributed by atoms with E-state index in [1.54, 1.807) is 30.3 Å². The number of aromatic nitrogens is 1. The van der Waals surface area contributed by atoms with E-state index in [2.05, 4.69) is 10.3 Å². The molecule has 0 fully saturated rings. The Morgan fingerprint density at radius 1 is 0.900 bits per heavy atom. The lowest BCUT2D eigenvalue weighted by atomic mass is 10.1. The maximum Gasteiger partial charge on any atom is 0.251 e. The highest BCUT2D eigenvalue weighted by Gasteiger charge is 2.08. The first-order valence-corrected chi connectivity index (χ1v) is 10.3. The highest BCUT2D eigenvalue weighted by Crippen LogP contribution is 2.28. The van der Waals surface area contributed by atoms with Crippen molar-refractivity contribution in [2.75, 3.05) is 0 Å². The second-order valence-corrected chi connectivity index (χ2v) is 8.05. The van der Waals surface area contributed by atoms with Gasteiger partial charge < -0.3 is 15.0 Å². The molecular formula is C23H17Cl3N2O2. The minimum atomic E-state index is -0.156. The molecule has 2 N–H and O–H groups in total. The van der Waals surface area contributed by atoms with Gasteiger partial charge in [0.15, 0.2) is 0 Å². The molecule has 1 heterocycles. The van der Waals surface area contributed by atoms with E-state index in [1.165, 1.54) is 0 Å². The number of aromatic amines is 1. The van der Waals surface area contributed by atoms with Gasteiger partial charge in [-0.15, -0.1) is 0 Å². The van der Waals surface area contributed by atoms with Gasteiger partial charge in [-0.25, -0.2) is 0 Å². The Labute approximate surface area is 188 Å². The van der Waals surface area contributed by atoms with Crippen molar-refractivity contribution in [1.82, 2.24) is 10.3 Å². The molecule has 0 radical (unpaired) electrons. The Morgan fingerprint density at radius 3 is 2.43 bits per heavy atom. The Kier molecular flexibility index (Phi) is 6.18. The Bertz CT molecular complexity index is 1200. The number of carbonyl (C=O) groups is 1. The molecule has 0 unspecified atom stereocenters. The minimum Gasteiger partial charge on any atom is -0.487 e.